The Bertz CT molecular complexity index is 1360. The fraction of sp³-hybridized carbons (Fsp3) is 0.312. The SMILES string of the molecule is CCCCN(CCc1ccccc1)C(=O)c1ccc2nc(-c3ccccc3)c(CCCCC(=O)O)nc2c1. The normalized spacial score (nSPS) is 11.0. The van der Waals surface area contributed by atoms with Gasteiger partial charge in [0, 0.05) is 30.6 Å². The van der Waals surface area contributed by atoms with Gasteiger partial charge in [-0.15, -0.1) is 0 Å². The number of aryl methyl sites for hydroxylation is 1. The van der Waals surface area contributed by atoms with E-state index in [2.05, 4.69) is 19.1 Å². The predicted octanol–water partition coefficient (Wildman–Crippen LogP) is 6.58. The molecule has 0 atom stereocenters. The maximum absolute atomic E-state index is 13.6. The molecule has 38 heavy (non-hydrogen) atoms. The van der Waals surface area contributed by atoms with Crippen molar-refractivity contribution in [1.29, 1.82) is 0 Å². The lowest BCUT2D eigenvalue weighted by Gasteiger charge is -2.23. The standard InChI is InChI=1S/C32H35N3O3/c1-2-3-21-35(22-20-24-12-6-4-7-13-24)32(38)26-18-19-27-29(23-26)33-28(16-10-11-17-30(36)37)31(34-27)25-14-8-5-9-15-25/h4-9,12-15,18-19,23H,2-3,10-11,16-17,20-22H2,1H3,(H,36,37). The molecule has 0 aliphatic carbocycles. The summed E-state index contributed by atoms with van der Waals surface area (Å²) in [4.78, 5) is 36.4. The van der Waals surface area contributed by atoms with Gasteiger partial charge in [0.05, 0.1) is 22.4 Å². The molecule has 0 radical (unpaired) electrons. The van der Waals surface area contributed by atoms with Crippen LogP contribution in [0.15, 0.2) is 78.9 Å². The van der Waals surface area contributed by atoms with Crippen molar-refractivity contribution in [3.05, 3.63) is 95.7 Å². The van der Waals surface area contributed by atoms with E-state index in [1.54, 1.807) is 0 Å². The number of aromatic nitrogens is 2. The lowest BCUT2D eigenvalue weighted by Crippen LogP contribution is -2.33. The number of hydrogen-bond donors (Lipinski definition) is 1. The van der Waals surface area contributed by atoms with E-state index in [9.17, 15) is 9.59 Å². The molecule has 196 valence electrons. The van der Waals surface area contributed by atoms with Crippen LogP contribution in [0.3, 0.4) is 0 Å². The Morgan fingerprint density at radius 2 is 1.53 bits per heavy atom. The molecule has 1 N–H and O–H groups in total. The van der Waals surface area contributed by atoms with Gasteiger partial charge in [-0.05, 0) is 55.9 Å². The number of carbonyl (C=O) groups is 2. The Morgan fingerprint density at radius 3 is 2.24 bits per heavy atom. The van der Waals surface area contributed by atoms with Crippen molar-refractivity contribution >= 4 is 22.9 Å². The van der Waals surface area contributed by atoms with Crippen LogP contribution in [0.2, 0.25) is 0 Å². The lowest BCUT2D eigenvalue weighted by atomic mass is 10.0. The van der Waals surface area contributed by atoms with Crippen LogP contribution >= 0.6 is 0 Å². The summed E-state index contributed by atoms with van der Waals surface area (Å²) >= 11 is 0. The first-order valence-corrected chi connectivity index (χ1v) is 13.5. The van der Waals surface area contributed by atoms with Crippen molar-refractivity contribution in [2.45, 2.75) is 51.9 Å². The minimum absolute atomic E-state index is 0.00762. The summed E-state index contributed by atoms with van der Waals surface area (Å²) in [6.45, 7) is 3.51. The number of carboxylic acids is 1. The van der Waals surface area contributed by atoms with E-state index in [-0.39, 0.29) is 12.3 Å². The van der Waals surface area contributed by atoms with Crippen molar-refractivity contribution in [2.75, 3.05) is 13.1 Å². The first kappa shape index (κ1) is 27.0. The Morgan fingerprint density at radius 1 is 0.789 bits per heavy atom. The molecule has 0 fully saturated rings. The van der Waals surface area contributed by atoms with Gasteiger partial charge >= 0.3 is 5.97 Å². The molecule has 3 aromatic carbocycles. The molecular formula is C32H35N3O3. The molecule has 4 aromatic rings. The largest absolute Gasteiger partial charge is 0.481 e. The maximum Gasteiger partial charge on any atom is 0.303 e. The van der Waals surface area contributed by atoms with Crippen molar-refractivity contribution in [3.63, 3.8) is 0 Å². The monoisotopic (exact) mass is 509 g/mol. The molecule has 0 saturated heterocycles. The molecule has 6 heteroatoms. The van der Waals surface area contributed by atoms with E-state index in [4.69, 9.17) is 15.1 Å². The smallest absolute Gasteiger partial charge is 0.303 e. The topological polar surface area (TPSA) is 83.4 Å². The predicted molar refractivity (Wildman–Crippen MR) is 151 cm³/mol. The van der Waals surface area contributed by atoms with Crippen LogP contribution in [0.5, 0.6) is 0 Å². The average molecular weight is 510 g/mol. The van der Waals surface area contributed by atoms with Gasteiger partial charge in [0.1, 0.15) is 0 Å². The van der Waals surface area contributed by atoms with Crippen molar-refractivity contribution in [2.24, 2.45) is 0 Å². The van der Waals surface area contributed by atoms with E-state index < -0.39 is 5.97 Å². The third-order valence-electron chi connectivity index (χ3n) is 6.67. The number of carboxylic acid groups (broad SMARTS) is 1. The van der Waals surface area contributed by atoms with E-state index >= 15 is 0 Å². The number of carbonyl (C=O) groups excluding carboxylic acids is 1. The summed E-state index contributed by atoms with van der Waals surface area (Å²) in [5.74, 6) is -0.783. The molecule has 0 bridgehead atoms. The number of amides is 1. The van der Waals surface area contributed by atoms with E-state index in [0.717, 1.165) is 41.7 Å². The molecule has 1 amide bonds. The van der Waals surface area contributed by atoms with Crippen LogP contribution in [0.1, 0.15) is 60.6 Å². The Balaban J connectivity index is 1.61. The maximum atomic E-state index is 13.6. The summed E-state index contributed by atoms with van der Waals surface area (Å²) < 4.78 is 0. The molecule has 0 unspecified atom stereocenters. The number of aliphatic carboxylic acids is 1. The van der Waals surface area contributed by atoms with Gasteiger partial charge in [-0.1, -0.05) is 74.0 Å². The molecule has 4 rings (SSSR count). The van der Waals surface area contributed by atoms with Crippen molar-refractivity contribution < 1.29 is 14.7 Å². The minimum atomic E-state index is -0.791. The van der Waals surface area contributed by atoms with E-state index in [1.807, 2.05) is 71.6 Å². The second-order valence-corrected chi connectivity index (χ2v) is 9.57. The second-order valence-electron chi connectivity index (χ2n) is 9.57. The molecule has 6 nitrogen and oxygen atoms in total. The highest BCUT2D eigenvalue weighted by Gasteiger charge is 2.18. The fourth-order valence-electron chi connectivity index (χ4n) is 4.55. The first-order valence-electron chi connectivity index (χ1n) is 13.5. The van der Waals surface area contributed by atoms with Crippen LogP contribution in [0.25, 0.3) is 22.3 Å². The molecule has 0 aliphatic heterocycles. The van der Waals surface area contributed by atoms with Gasteiger partial charge in [-0.2, -0.15) is 0 Å². The summed E-state index contributed by atoms with van der Waals surface area (Å²) in [6, 6.07) is 25.7. The van der Waals surface area contributed by atoms with Crippen molar-refractivity contribution in [3.8, 4) is 11.3 Å². The molecule has 0 saturated carbocycles. The van der Waals surface area contributed by atoms with Gasteiger partial charge in [0.25, 0.3) is 5.91 Å². The molecule has 1 aromatic heterocycles. The van der Waals surface area contributed by atoms with Crippen molar-refractivity contribution in [1.82, 2.24) is 14.9 Å². The zero-order valence-electron chi connectivity index (χ0n) is 22.0. The average Bonchev–Trinajstić information content (AvgIpc) is 2.95. The second kappa shape index (κ2) is 13.5. The molecule has 1 heterocycles. The van der Waals surface area contributed by atoms with E-state index in [1.165, 1.54) is 5.56 Å². The van der Waals surface area contributed by atoms with Gasteiger partial charge in [0.2, 0.25) is 0 Å². The van der Waals surface area contributed by atoms with Crippen LogP contribution in [0, 0.1) is 0 Å². The number of benzene rings is 3. The first-order chi connectivity index (χ1) is 18.5. The van der Waals surface area contributed by atoms with Gasteiger partial charge in [-0.3, -0.25) is 9.59 Å². The third-order valence-corrected chi connectivity index (χ3v) is 6.67. The van der Waals surface area contributed by atoms with Crippen LogP contribution in [-0.2, 0) is 17.6 Å². The third kappa shape index (κ3) is 7.25. The molecule has 0 aliphatic rings. The number of hydrogen-bond acceptors (Lipinski definition) is 4. The van der Waals surface area contributed by atoms with Gasteiger partial charge < -0.3 is 10.0 Å². The Kier molecular flexibility index (Phi) is 9.57. The van der Waals surface area contributed by atoms with Crippen LogP contribution in [0.4, 0.5) is 0 Å². The molecule has 0 spiro atoms. The number of nitrogens with zero attached hydrogens (tertiary/aromatic N) is 3. The van der Waals surface area contributed by atoms with Gasteiger partial charge in [-0.25, -0.2) is 9.97 Å². The highest BCUT2D eigenvalue weighted by Crippen LogP contribution is 2.26. The minimum Gasteiger partial charge on any atom is -0.481 e. The fourth-order valence-corrected chi connectivity index (χ4v) is 4.55. The molecular weight excluding hydrogens is 474 g/mol. The quantitative estimate of drug-likeness (QED) is 0.206. The van der Waals surface area contributed by atoms with Crippen LogP contribution in [-0.4, -0.2) is 44.9 Å². The number of fused-ring (bicyclic) bond motifs is 1. The zero-order chi connectivity index (χ0) is 26.7. The summed E-state index contributed by atoms with van der Waals surface area (Å²) in [6.07, 6.45) is 4.82. The van der Waals surface area contributed by atoms with Crippen LogP contribution < -0.4 is 0 Å². The van der Waals surface area contributed by atoms with Gasteiger partial charge in [0.15, 0.2) is 0 Å². The highest BCUT2D eigenvalue weighted by atomic mass is 16.4. The number of rotatable bonds is 13. The number of unbranched alkanes of at least 4 members (excludes halogenated alkanes) is 2. The van der Waals surface area contributed by atoms with E-state index in [0.29, 0.717) is 43.4 Å². The summed E-state index contributed by atoms with van der Waals surface area (Å²) in [5, 5.41) is 9.00. The lowest BCUT2D eigenvalue weighted by molar-refractivity contribution is -0.137. The Labute approximate surface area is 224 Å². The summed E-state index contributed by atoms with van der Waals surface area (Å²) in [5.41, 5.74) is 5.85. The Hall–Kier alpha value is -4.06. The highest BCUT2D eigenvalue weighted by molar-refractivity contribution is 5.97. The summed E-state index contributed by atoms with van der Waals surface area (Å²) in [7, 11) is 0. The zero-order valence-corrected chi connectivity index (χ0v) is 22.0.